The van der Waals surface area contributed by atoms with E-state index in [1.807, 2.05) is 55.6 Å². The van der Waals surface area contributed by atoms with Crippen LogP contribution < -0.4 is 4.90 Å². The van der Waals surface area contributed by atoms with E-state index in [1.165, 1.54) is 11.3 Å². The normalized spacial score (nSPS) is 19.0. The number of para-hydroxylation sites is 1. The maximum atomic E-state index is 13.3. The molecule has 0 aromatic heterocycles. The molecule has 2 heterocycles. The molecule has 0 bridgehead atoms. The highest BCUT2D eigenvalue weighted by Crippen LogP contribution is 2.34. The second-order valence-electron chi connectivity index (χ2n) is 6.92. The van der Waals surface area contributed by atoms with Crippen LogP contribution in [0.3, 0.4) is 0 Å². The predicted molar refractivity (Wildman–Crippen MR) is 103 cm³/mol. The Bertz CT molecular complexity index is 895. The number of rotatable bonds is 2. The van der Waals surface area contributed by atoms with E-state index in [0.29, 0.717) is 16.8 Å². The monoisotopic (exact) mass is 346 g/mol. The van der Waals surface area contributed by atoms with Crippen LogP contribution in [0.5, 0.6) is 0 Å². The van der Waals surface area contributed by atoms with E-state index in [1.54, 1.807) is 6.07 Å². The molecule has 0 radical (unpaired) electrons. The molecule has 4 rings (SSSR count). The van der Waals surface area contributed by atoms with E-state index in [-0.39, 0.29) is 11.8 Å². The Morgan fingerprint density at radius 1 is 0.808 bits per heavy atom. The SMILES string of the molecule is Cc1ccccc1N1C(=O)/C(=C\N2CCCCC2)c2ccccc2C1=O. The number of hydrogen-bond donors (Lipinski definition) is 0. The van der Waals surface area contributed by atoms with Gasteiger partial charge in [0.2, 0.25) is 0 Å². The molecule has 1 fully saturated rings. The molecule has 2 aliphatic rings. The van der Waals surface area contributed by atoms with Crippen molar-refractivity contribution in [2.45, 2.75) is 26.2 Å². The summed E-state index contributed by atoms with van der Waals surface area (Å²) in [7, 11) is 0. The lowest BCUT2D eigenvalue weighted by Gasteiger charge is -2.32. The lowest BCUT2D eigenvalue weighted by Crippen LogP contribution is -2.42. The Kier molecular flexibility index (Phi) is 4.33. The van der Waals surface area contributed by atoms with Crippen LogP contribution in [-0.2, 0) is 4.79 Å². The zero-order valence-electron chi connectivity index (χ0n) is 14.9. The van der Waals surface area contributed by atoms with Crippen LogP contribution in [0.1, 0.15) is 40.7 Å². The second-order valence-corrected chi connectivity index (χ2v) is 6.92. The average Bonchev–Trinajstić information content (AvgIpc) is 2.67. The van der Waals surface area contributed by atoms with Gasteiger partial charge in [0.1, 0.15) is 0 Å². The summed E-state index contributed by atoms with van der Waals surface area (Å²) < 4.78 is 0. The first-order chi connectivity index (χ1) is 12.7. The van der Waals surface area contributed by atoms with Gasteiger partial charge in [-0.05, 0) is 43.9 Å². The number of benzene rings is 2. The number of aryl methyl sites for hydroxylation is 1. The minimum atomic E-state index is -0.254. The summed E-state index contributed by atoms with van der Waals surface area (Å²) in [6.07, 6.45) is 5.47. The van der Waals surface area contributed by atoms with Gasteiger partial charge < -0.3 is 4.90 Å². The molecular formula is C22H22N2O2. The fourth-order valence-corrected chi connectivity index (χ4v) is 3.74. The van der Waals surface area contributed by atoms with Gasteiger partial charge in [-0.15, -0.1) is 0 Å². The molecule has 4 nitrogen and oxygen atoms in total. The minimum Gasteiger partial charge on any atom is -0.377 e. The minimum absolute atomic E-state index is 0.242. The molecule has 2 aromatic rings. The summed E-state index contributed by atoms with van der Waals surface area (Å²) >= 11 is 0. The van der Waals surface area contributed by atoms with E-state index in [4.69, 9.17) is 0 Å². The maximum absolute atomic E-state index is 13.3. The number of nitrogens with zero attached hydrogens (tertiary/aromatic N) is 2. The number of carbonyl (C=O) groups excluding carboxylic acids is 2. The van der Waals surface area contributed by atoms with Crippen molar-refractivity contribution in [2.75, 3.05) is 18.0 Å². The summed E-state index contributed by atoms with van der Waals surface area (Å²) in [5.41, 5.74) is 3.48. The van der Waals surface area contributed by atoms with Crippen molar-refractivity contribution in [3.63, 3.8) is 0 Å². The van der Waals surface area contributed by atoms with Gasteiger partial charge in [0, 0.05) is 30.4 Å². The van der Waals surface area contributed by atoms with E-state index in [0.717, 1.165) is 37.1 Å². The fourth-order valence-electron chi connectivity index (χ4n) is 3.74. The van der Waals surface area contributed by atoms with Gasteiger partial charge in [0.25, 0.3) is 11.8 Å². The van der Waals surface area contributed by atoms with Crippen LogP contribution in [0.15, 0.2) is 54.7 Å². The molecule has 2 aromatic carbocycles. The van der Waals surface area contributed by atoms with Gasteiger partial charge >= 0.3 is 0 Å². The van der Waals surface area contributed by atoms with Crippen molar-refractivity contribution in [1.82, 2.24) is 4.90 Å². The number of carbonyl (C=O) groups is 2. The van der Waals surface area contributed by atoms with Gasteiger partial charge in [0.15, 0.2) is 0 Å². The largest absolute Gasteiger partial charge is 0.377 e. The number of amides is 2. The molecule has 1 saturated heterocycles. The summed E-state index contributed by atoms with van der Waals surface area (Å²) in [6, 6.07) is 14.9. The second kappa shape index (κ2) is 6.79. The van der Waals surface area contributed by atoms with Gasteiger partial charge in [0.05, 0.1) is 11.3 Å². The standard InChI is InChI=1S/C22H22N2O2/c1-16-9-3-6-12-20(16)24-21(25)18-11-5-4-10-17(18)19(22(24)26)15-23-13-7-2-8-14-23/h3-6,9-12,15H,2,7-8,13-14H2,1H3/b19-15-. The Morgan fingerprint density at radius 2 is 1.46 bits per heavy atom. The lowest BCUT2D eigenvalue weighted by molar-refractivity contribution is -0.112. The van der Waals surface area contributed by atoms with E-state index in [2.05, 4.69) is 4.90 Å². The Morgan fingerprint density at radius 3 is 2.19 bits per heavy atom. The van der Waals surface area contributed by atoms with Crippen LogP contribution >= 0.6 is 0 Å². The summed E-state index contributed by atoms with van der Waals surface area (Å²) in [4.78, 5) is 30.0. The first-order valence-electron chi connectivity index (χ1n) is 9.16. The van der Waals surface area contributed by atoms with Crippen LogP contribution in [-0.4, -0.2) is 29.8 Å². The number of imide groups is 1. The topological polar surface area (TPSA) is 40.6 Å². The molecule has 26 heavy (non-hydrogen) atoms. The third-order valence-corrected chi connectivity index (χ3v) is 5.14. The third-order valence-electron chi connectivity index (χ3n) is 5.14. The summed E-state index contributed by atoms with van der Waals surface area (Å²) in [5, 5.41) is 0. The van der Waals surface area contributed by atoms with E-state index in [9.17, 15) is 9.59 Å². The molecule has 2 amide bonds. The number of anilines is 1. The van der Waals surface area contributed by atoms with E-state index >= 15 is 0 Å². The quantitative estimate of drug-likeness (QED) is 0.609. The van der Waals surface area contributed by atoms with Crippen molar-refractivity contribution in [3.8, 4) is 0 Å². The molecule has 132 valence electrons. The number of hydrogen-bond acceptors (Lipinski definition) is 3. The van der Waals surface area contributed by atoms with Crippen molar-refractivity contribution in [3.05, 3.63) is 71.4 Å². The van der Waals surface area contributed by atoms with Crippen LogP contribution in [0.2, 0.25) is 0 Å². The third kappa shape index (κ3) is 2.81. The van der Waals surface area contributed by atoms with Crippen molar-refractivity contribution >= 4 is 23.1 Å². The zero-order chi connectivity index (χ0) is 18.1. The van der Waals surface area contributed by atoms with Gasteiger partial charge in [-0.1, -0.05) is 36.4 Å². The molecule has 0 unspecified atom stereocenters. The molecule has 0 atom stereocenters. The first-order valence-corrected chi connectivity index (χ1v) is 9.16. The Hall–Kier alpha value is -2.88. The zero-order valence-corrected chi connectivity index (χ0v) is 14.9. The number of piperidine rings is 1. The van der Waals surface area contributed by atoms with Crippen LogP contribution in [0.25, 0.3) is 5.57 Å². The summed E-state index contributed by atoms with van der Waals surface area (Å²) in [5.74, 6) is -0.496. The average molecular weight is 346 g/mol. The van der Waals surface area contributed by atoms with Gasteiger partial charge in [-0.3, -0.25) is 9.59 Å². The molecule has 0 spiro atoms. The first kappa shape index (κ1) is 16.6. The van der Waals surface area contributed by atoms with Gasteiger partial charge in [-0.25, -0.2) is 4.90 Å². The molecule has 0 aliphatic carbocycles. The molecular weight excluding hydrogens is 324 g/mol. The molecule has 0 N–H and O–H groups in total. The number of fused-ring (bicyclic) bond motifs is 1. The van der Waals surface area contributed by atoms with E-state index < -0.39 is 0 Å². The molecule has 0 saturated carbocycles. The Labute approximate surface area is 153 Å². The van der Waals surface area contributed by atoms with Gasteiger partial charge in [-0.2, -0.15) is 0 Å². The smallest absolute Gasteiger partial charge is 0.267 e. The fraction of sp³-hybridized carbons (Fsp3) is 0.273. The van der Waals surface area contributed by atoms with Crippen molar-refractivity contribution < 1.29 is 9.59 Å². The highest BCUT2D eigenvalue weighted by molar-refractivity contribution is 6.41. The predicted octanol–water partition coefficient (Wildman–Crippen LogP) is 4.01. The van der Waals surface area contributed by atoms with Crippen molar-refractivity contribution in [1.29, 1.82) is 0 Å². The van der Waals surface area contributed by atoms with Crippen LogP contribution in [0.4, 0.5) is 5.69 Å². The molecule has 4 heteroatoms. The highest BCUT2D eigenvalue weighted by Gasteiger charge is 2.36. The van der Waals surface area contributed by atoms with Crippen molar-refractivity contribution in [2.24, 2.45) is 0 Å². The van der Waals surface area contributed by atoms with Crippen LogP contribution in [0, 0.1) is 6.92 Å². The molecule has 2 aliphatic heterocycles. The number of likely N-dealkylation sites (tertiary alicyclic amines) is 1. The highest BCUT2D eigenvalue weighted by atomic mass is 16.2. The Balaban J connectivity index is 1.84. The summed E-state index contributed by atoms with van der Waals surface area (Å²) in [6.45, 7) is 3.83. The maximum Gasteiger partial charge on any atom is 0.267 e. The lowest BCUT2D eigenvalue weighted by atomic mass is 9.93.